The number of hydrogen-bond donors (Lipinski definition) is 0. The van der Waals surface area contributed by atoms with Gasteiger partial charge in [-0.1, -0.05) is 28.9 Å². The van der Waals surface area contributed by atoms with Gasteiger partial charge >= 0.3 is 5.97 Å². The molecule has 0 bridgehead atoms. The Morgan fingerprint density at radius 2 is 2.09 bits per heavy atom. The fourth-order valence-electron chi connectivity index (χ4n) is 4.25. The molecule has 1 aliphatic rings. The Morgan fingerprint density at radius 1 is 1.26 bits per heavy atom. The number of halogens is 1. The molecule has 34 heavy (non-hydrogen) atoms. The summed E-state index contributed by atoms with van der Waals surface area (Å²) in [5, 5.41) is 4.74. The molecule has 1 aromatic heterocycles. The van der Waals surface area contributed by atoms with Crippen LogP contribution >= 0.6 is 11.6 Å². The van der Waals surface area contributed by atoms with Crippen LogP contribution in [0.1, 0.15) is 43.9 Å². The molecule has 7 nitrogen and oxygen atoms in total. The van der Waals surface area contributed by atoms with Crippen molar-refractivity contribution in [2.75, 3.05) is 19.7 Å². The molecule has 2 heterocycles. The van der Waals surface area contributed by atoms with Crippen LogP contribution in [0.2, 0.25) is 5.02 Å². The molecule has 4 rings (SSSR count). The Balaban J connectivity index is 1.50. The Bertz CT molecular complexity index is 1170. The lowest BCUT2D eigenvalue weighted by atomic mass is 9.91. The average molecular weight is 484 g/mol. The molecule has 0 N–H and O–H groups in total. The van der Waals surface area contributed by atoms with Crippen LogP contribution in [-0.4, -0.2) is 46.8 Å². The lowest BCUT2D eigenvalue weighted by Gasteiger charge is -2.30. The number of ether oxygens (including phenoxy) is 2. The third-order valence-electron chi connectivity index (χ3n) is 5.91. The summed E-state index contributed by atoms with van der Waals surface area (Å²) in [7, 11) is 0. The molecule has 0 atom stereocenters. The molecule has 0 aliphatic carbocycles. The Kier molecular flexibility index (Phi) is 7.54. The normalized spacial score (nSPS) is 13.7. The first-order chi connectivity index (χ1) is 16.4. The second-order valence-corrected chi connectivity index (χ2v) is 9.10. The average Bonchev–Trinajstić information content (AvgIpc) is 3.29. The number of aromatic nitrogens is 2. The van der Waals surface area contributed by atoms with Crippen LogP contribution in [0.15, 0.2) is 34.9 Å². The van der Waals surface area contributed by atoms with E-state index in [1.807, 2.05) is 39.0 Å². The number of hydrogen-bond acceptors (Lipinski definition) is 7. The third-order valence-corrected chi connectivity index (χ3v) is 6.21. The van der Waals surface area contributed by atoms with Gasteiger partial charge in [0.25, 0.3) is 5.89 Å². The molecule has 8 heteroatoms. The van der Waals surface area contributed by atoms with Gasteiger partial charge in [-0.05, 0) is 69.0 Å². The highest BCUT2D eigenvalue weighted by atomic mass is 35.5. The van der Waals surface area contributed by atoms with E-state index in [9.17, 15) is 4.79 Å². The second-order valence-electron chi connectivity index (χ2n) is 8.69. The van der Waals surface area contributed by atoms with Crippen LogP contribution in [0.4, 0.5) is 0 Å². The van der Waals surface area contributed by atoms with Crippen molar-refractivity contribution < 1.29 is 18.8 Å². The molecular formula is C26H30ClN3O4. The number of carbonyl (C=O) groups excluding carboxylic acids is 1. The fourth-order valence-corrected chi connectivity index (χ4v) is 4.47. The predicted molar refractivity (Wildman–Crippen MR) is 131 cm³/mol. The predicted octanol–water partition coefficient (Wildman–Crippen LogP) is 5.46. The first kappa shape index (κ1) is 24.2. The number of esters is 1. The monoisotopic (exact) mass is 483 g/mol. The number of carbonyl (C=O) groups is 1. The minimum Gasteiger partial charge on any atom is -0.489 e. The van der Waals surface area contributed by atoms with Crippen molar-refractivity contribution in [3.8, 4) is 28.6 Å². The van der Waals surface area contributed by atoms with Crippen LogP contribution in [0, 0.1) is 6.92 Å². The van der Waals surface area contributed by atoms with Crippen molar-refractivity contribution in [1.29, 1.82) is 0 Å². The van der Waals surface area contributed by atoms with Crippen LogP contribution < -0.4 is 4.74 Å². The molecule has 1 aliphatic heterocycles. The lowest BCUT2D eigenvalue weighted by Crippen LogP contribution is -2.33. The lowest BCUT2D eigenvalue weighted by molar-refractivity contribution is -0.143. The minimum atomic E-state index is -0.142. The van der Waals surface area contributed by atoms with Gasteiger partial charge in [0.15, 0.2) is 0 Å². The smallest absolute Gasteiger partial charge is 0.307 e. The van der Waals surface area contributed by atoms with E-state index in [-0.39, 0.29) is 12.1 Å². The van der Waals surface area contributed by atoms with Gasteiger partial charge in [-0.2, -0.15) is 4.98 Å². The van der Waals surface area contributed by atoms with Gasteiger partial charge in [-0.25, -0.2) is 0 Å². The van der Waals surface area contributed by atoms with Crippen LogP contribution in [0.5, 0.6) is 5.75 Å². The summed E-state index contributed by atoms with van der Waals surface area (Å²) in [5.41, 5.74) is 5.45. The number of fused-ring (bicyclic) bond motifs is 1. The summed E-state index contributed by atoms with van der Waals surface area (Å²) < 4.78 is 16.3. The standard InChI is InChI=1S/C26H30ClN3O4/c1-5-32-24(31)11-13-30-12-10-20-17(4)21(8-6-19(20)15-30)25-28-26(34-29-25)18-7-9-23(22(27)14-18)33-16(2)3/h6-9,14,16H,5,10-13,15H2,1-4H3. The summed E-state index contributed by atoms with van der Waals surface area (Å²) in [4.78, 5) is 18.6. The molecule has 3 aromatic rings. The van der Waals surface area contributed by atoms with Gasteiger partial charge in [-0.15, -0.1) is 0 Å². The summed E-state index contributed by atoms with van der Waals surface area (Å²) in [6, 6.07) is 9.63. The van der Waals surface area contributed by atoms with Crippen molar-refractivity contribution in [1.82, 2.24) is 15.0 Å². The Morgan fingerprint density at radius 3 is 2.82 bits per heavy atom. The zero-order valence-corrected chi connectivity index (χ0v) is 20.8. The van der Waals surface area contributed by atoms with E-state index in [0.29, 0.717) is 42.1 Å². The number of rotatable bonds is 8. The van der Waals surface area contributed by atoms with Gasteiger partial charge < -0.3 is 14.0 Å². The fraction of sp³-hybridized carbons (Fsp3) is 0.423. The Labute approximate surface area is 205 Å². The third kappa shape index (κ3) is 5.42. The molecule has 0 radical (unpaired) electrons. The van der Waals surface area contributed by atoms with Crippen molar-refractivity contribution in [2.45, 2.75) is 53.2 Å². The molecule has 0 unspecified atom stereocenters. The van der Waals surface area contributed by atoms with Gasteiger partial charge in [0, 0.05) is 30.8 Å². The maximum absolute atomic E-state index is 11.7. The van der Waals surface area contributed by atoms with E-state index in [1.54, 1.807) is 6.07 Å². The highest BCUT2D eigenvalue weighted by Gasteiger charge is 2.22. The van der Waals surface area contributed by atoms with E-state index in [1.165, 1.54) is 11.1 Å². The largest absolute Gasteiger partial charge is 0.489 e. The molecule has 0 spiro atoms. The molecule has 0 amide bonds. The van der Waals surface area contributed by atoms with E-state index < -0.39 is 0 Å². The summed E-state index contributed by atoms with van der Waals surface area (Å²) in [5.74, 6) is 1.45. The number of benzene rings is 2. The van der Waals surface area contributed by atoms with Crippen molar-refractivity contribution >= 4 is 17.6 Å². The Hall–Kier alpha value is -2.90. The molecule has 0 saturated heterocycles. The SMILES string of the molecule is CCOC(=O)CCN1CCc2c(ccc(-c3noc(-c4ccc(OC(C)C)c(Cl)c4)n3)c2C)C1. The molecular weight excluding hydrogens is 454 g/mol. The van der Waals surface area contributed by atoms with Crippen LogP contribution in [-0.2, 0) is 22.5 Å². The summed E-state index contributed by atoms with van der Waals surface area (Å²) in [6.45, 7) is 10.7. The maximum atomic E-state index is 11.7. The zero-order chi connectivity index (χ0) is 24.2. The van der Waals surface area contributed by atoms with E-state index in [4.69, 9.17) is 25.6 Å². The zero-order valence-electron chi connectivity index (χ0n) is 20.1. The minimum absolute atomic E-state index is 0.0370. The molecule has 0 fully saturated rings. The topological polar surface area (TPSA) is 77.7 Å². The van der Waals surface area contributed by atoms with Gasteiger partial charge in [-0.3, -0.25) is 9.69 Å². The second kappa shape index (κ2) is 10.6. The van der Waals surface area contributed by atoms with Gasteiger partial charge in [0.1, 0.15) is 5.75 Å². The highest BCUT2D eigenvalue weighted by molar-refractivity contribution is 6.32. The maximum Gasteiger partial charge on any atom is 0.307 e. The molecule has 180 valence electrons. The highest BCUT2D eigenvalue weighted by Crippen LogP contribution is 2.33. The van der Waals surface area contributed by atoms with E-state index >= 15 is 0 Å². The van der Waals surface area contributed by atoms with Crippen molar-refractivity contribution in [2.24, 2.45) is 0 Å². The summed E-state index contributed by atoms with van der Waals surface area (Å²) in [6.07, 6.45) is 1.37. The molecule has 0 saturated carbocycles. The van der Waals surface area contributed by atoms with Gasteiger partial charge in [0.05, 0.1) is 24.2 Å². The number of nitrogens with zero attached hydrogens (tertiary/aromatic N) is 3. The first-order valence-electron chi connectivity index (χ1n) is 11.7. The van der Waals surface area contributed by atoms with Gasteiger partial charge in [0.2, 0.25) is 5.82 Å². The van der Waals surface area contributed by atoms with E-state index in [2.05, 4.69) is 28.0 Å². The van der Waals surface area contributed by atoms with Crippen molar-refractivity contribution in [3.05, 3.63) is 52.0 Å². The van der Waals surface area contributed by atoms with E-state index in [0.717, 1.165) is 36.2 Å². The van der Waals surface area contributed by atoms with Crippen LogP contribution in [0.25, 0.3) is 22.8 Å². The molecule has 2 aromatic carbocycles. The van der Waals surface area contributed by atoms with Crippen molar-refractivity contribution in [3.63, 3.8) is 0 Å². The van der Waals surface area contributed by atoms with Crippen LogP contribution in [0.3, 0.4) is 0 Å². The first-order valence-corrected chi connectivity index (χ1v) is 12.0. The summed E-state index contributed by atoms with van der Waals surface area (Å²) >= 11 is 6.37. The quantitative estimate of drug-likeness (QED) is 0.393.